The molecule has 0 spiro atoms. The van der Waals surface area contributed by atoms with Crippen LogP contribution in [0.25, 0.3) is 0 Å². The Morgan fingerprint density at radius 1 is 1.28 bits per heavy atom. The minimum absolute atomic E-state index is 0.000590. The molecule has 0 saturated carbocycles. The molecule has 0 fully saturated rings. The molecule has 3 rings (SSSR count). The normalized spacial score (nSPS) is 13.9. The minimum Gasteiger partial charge on any atom is -0.462 e. The number of halogens is 1. The third kappa shape index (κ3) is 4.76. The van der Waals surface area contributed by atoms with Gasteiger partial charge in [0.2, 0.25) is 0 Å². The van der Waals surface area contributed by atoms with Crippen molar-refractivity contribution in [3.05, 3.63) is 45.1 Å². The lowest BCUT2D eigenvalue weighted by molar-refractivity contribution is -0.123. The smallest absolute Gasteiger partial charge is 0.342 e. The zero-order valence-corrected chi connectivity index (χ0v) is 17.7. The van der Waals surface area contributed by atoms with Crippen molar-refractivity contribution in [2.24, 2.45) is 0 Å². The highest BCUT2D eigenvalue weighted by Crippen LogP contribution is 2.38. The number of rotatable bonds is 6. The topological polar surface area (TPSA) is 94.6 Å². The maximum Gasteiger partial charge on any atom is 0.342 e. The molecule has 0 aromatic carbocycles. The van der Waals surface area contributed by atoms with E-state index in [4.69, 9.17) is 21.1 Å². The number of anilines is 1. The molecule has 0 unspecified atom stereocenters. The van der Waals surface area contributed by atoms with Gasteiger partial charge in [-0.05, 0) is 57.2 Å². The number of carbonyl (C=O) groups is 3. The highest BCUT2D eigenvalue weighted by Gasteiger charge is 2.29. The third-order valence-electron chi connectivity index (χ3n) is 4.52. The van der Waals surface area contributed by atoms with Gasteiger partial charge in [0.1, 0.15) is 10.2 Å². The van der Waals surface area contributed by atoms with Crippen molar-refractivity contribution in [2.75, 3.05) is 11.9 Å². The van der Waals surface area contributed by atoms with Gasteiger partial charge < -0.3 is 14.8 Å². The molecule has 2 aromatic heterocycles. The number of thiophene rings is 1. The van der Waals surface area contributed by atoms with Gasteiger partial charge in [0.05, 0.1) is 17.7 Å². The monoisotopic (exact) mass is 436 g/mol. The predicted octanol–water partition coefficient (Wildman–Crippen LogP) is 4.04. The van der Waals surface area contributed by atoms with E-state index in [2.05, 4.69) is 10.3 Å². The summed E-state index contributed by atoms with van der Waals surface area (Å²) in [5.41, 5.74) is 1.43. The largest absolute Gasteiger partial charge is 0.462 e. The van der Waals surface area contributed by atoms with Crippen LogP contribution in [0.2, 0.25) is 5.15 Å². The van der Waals surface area contributed by atoms with Crippen LogP contribution in [0.15, 0.2) is 18.3 Å². The first-order valence-electron chi connectivity index (χ1n) is 9.36. The number of fused-ring (bicyclic) bond motifs is 1. The first kappa shape index (κ1) is 21.3. The van der Waals surface area contributed by atoms with E-state index < -0.39 is 23.9 Å². The summed E-state index contributed by atoms with van der Waals surface area (Å²) in [6, 6.07) is 3.02. The molecule has 1 N–H and O–H groups in total. The Morgan fingerprint density at radius 2 is 2.03 bits per heavy atom. The van der Waals surface area contributed by atoms with Crippen LogP contribution in [0.3, 0.4) is 0 Å². The maximum atomic E-state index is 12.6. The second-order valence-corrected chi connectivity index (χ2v) is 7.98. The van der Waals surface area contributed by atoms with Crippen molar-refractivity contribution in [3.8, 4) is 0 Å². The molecule has 1 aliphatic carbocycles. The maximum absolute atomic E-state index is 12.6. The molecule has 2 aromatic rings. The second kappa shape index (κ2) is 9.37. The Balaban J connectivity index is 1.76. The van der Waals surface area contributed by atoms with Crippen LogP contribution in [0.4, 0.5) is 5.00 Å². The van der Waals surface area contributed by atoms with E-state index in [1.54, 1.807) is 13.0 Å². The van der Waals surface area contributed by atoms with Crippen LogP contribution < -0.4 is 5.32 Å². The zero-order chi connectivity index (χ0) is 21.0. The third-order valence-corrected chi connectivity index (χ3v) is 6.03. The van der Waals surface area contributed by atoms with Crippen molar-refractivity contribution in [2.45, 2.75) is 45.6 Å². The van der Waals surface area contributed by atoms with Crippen LogP contribution in [0.5, 0.6) is 0 Å². The van der Waals surface area contributed by atoms with Crippen molar-refractivity contribution < 1.29 is 23.9 Å². The Kier molecular flexibility index (Phi) is 6.87. The average molecular weight is 437 g/mol. The number of pyridine rings is 1. The molecule has 1 atom stereocenters. The molecule has 29 heavy (non-hydrogen) atoms. The number of esters is 2. The summed E-state index contributed by atoms with van der Waals surface area (Å²) < 4.78 is 10.4. The molecule has 1 aliphatic rings. The summed E-state index contributed by atoms with van der Waals surface area (Å²) in [5, 5.41) is 3.16. The SMILES string of the molecule is CCOC(=O)c1c(NC(=O)[C@H](C)OC(=O)c2cccnc2Cl)sc2c1CCCC2. The Morgan fingerprint density at radius 3 is 2.76 bits per heavy atom. The van der Waals surface area contributed by atoms with Gasteiger partial charge in [-0.1, -0.05) is 11.6 Å². The summed E-state index contributed by atoms with van der Waals surface area (Å²) in [4.78, 5) is 42.3. The van der Waals surface area contributed by atoms with Crippen molar-refractivity contribution >= 4 is 45.8 Å². The second-order valence-electron chi connectivity index (χ2n) is 6.51. The number of nitrogens with one attached hydrogen (secondary N) is 1. The van der Waals surface area contributed by atoms with E-state index in [-0.39, 0.29) is 17.3 Å². The van der Waals surface area contributed by atoms with E-state index in [1.807, 2.05) is 0 Å². The summed E-state index contributed by atoms with van der Waals surface area (Å²) in [6.45, 7) is 3.44. The fourth-order valence-corrected chi connectivity index (χ4v) is 4.58. The summed E-state index contributed by atoms with van der Waals surface area (Å²) in [7, 11) is 0. The van der Waals surface area contributed by atoms with Crippen molar-refractivity contribution in [1.29, 1.82) is 0 Å². The molecule has 0 radical (unpaired) electrons. The number of hydrogen-bond donors (Lipinski definition) is 1. The fourth-order valence-electron chi connectivity index (χ4n) is 3.10. The van der Waals surface area contributed by atoms with Crippen LogP contribution in [0, 0.1) is 0 Å². The number of ether oxygens (including phenoxy) is 2. The predicted molar refractivity (Wildman–Crippen MR) is 110 cm³/mol. The first-order valence-corrected chi connectivity index (χ1v) is 10.6. The van der Waals surface area contributed by atoms with Gasteiger partial charge in [-0.2, -0.15) is 0 Å². The molecule has 7 nitrogen and oxygen atoms in total. The van der Waals surface area contributed by atoms with Crippen LogP contribution in [0.1, 0.15) is 57.8 Å². The quantitative estimate of drug-likeness (QED) is 0.542. The number of amides is 1. The van der Waals surface area contributed by atoms with Crippen molar-refractivity contribution in [1.82, 2.24) is 4.98 Å². The van der Waals surface area contributed by atoms with Gasteiger partial charge in [0.15, 0.2) is 6.10 Å². The molecule has 9 heteroatoms. The molecule has 1 amide bonds. The van der Waals surface area contributed by atoms with Crippen LogP contribution in [-0.4, -0.2) is 35.5 Å². The van der Waals surface area contributed by atoms with E-state index in [0.29, 0.717) is 10.6 Å². The molecular weight excluding hydrogens is 416 g/mol. The van der Waals surface area contributed by atoms with E-state index >= 15 is 0 Å². The number of nitrogens with zero attached hydrogens (tertiary/aromatic N) is 1. The molecule has 154 valence electrons. The number of carbonyl (C=O) groups excluding carboxylic acids is 3. The van der Waals surface area contributed by atoms with Gasteiger partial charge >= 0.3 is 11.9 Å². The molecule has 0 saturated heterocycles. The number of hydrogen-bond acceptors (Lipinski definition) is 7. The van der Waals surface area contributed by atoms with Gasteiger partial charge in [-0.3, -0.25) is 4.79 Å². The standard InChI is InChI=1S/C20H21ClN2O5S/c1-3-27-20(26)15-12-7-4-5-9-14(12)29-18(15)23-17(24)11(2)28-19(25)13-8-6-10-22-16(13)21/h6,8,10-11H,3-5,7,9H2,1-2H3,(H,23,24)/t11-/m0/s1. The zero-order valence-electron chi connectivity index (χ0n) is 16.1. The lowest BCUT2D eigenvalue weighted by Crippen LogP contribution is -2.30. The Labute approximate surface area is 177 Å². The first-order chi connectivity index (χ1) is 13.9. The van der Waals surface area contributed by atoms with E-state index in [1.165, 1.54) is 30.5 Å². The van der Waals surface area contributed by atoms with Gasteiger partial charge in [-0.15, -0.1) is 11.3 Å². The van der Waals surface area contributed by atoms with E-state index in [9.17, 15) is 14.4 Å². The molecular formula is C20H21ClN2O5S. The highest BCUT2D eigenvalue weighted by atomic mass is 35.5. The van der Waals surface area contributed by atoms with Gasteiger partial charge in [0, 0.05) is 11.1 Å². The van der Waals surface area contributed by atoms with Crippen LogP contribution in [-0.2, 0) is 27.1 Å². The van der Waals surface area contributed by atoms with Gasteiger partial charge in [-0.25, -0.2) is 14.6 Å². The van der Waals surface area contributed by atoms with E-state index in [0.717, 1.165) is 36.1 Å². The molecule has 0 bridgehead atoms. The minimum atomic E-state index is -1.09. The van der Waals surface area contributed by atoms with Crippen LogP contribution >= 0.6 is 22.9 Å². The van der Waals surface area contributed by atoms with Crippen molar-refractivity contribution in [3.63, 3.8) is 0 Å². The number of aromatic nitrogens is 1. The summed E-state index contributed by atoms with van der Waals surface area (Å²) >= 11 is 7.27. The average Bonchev–Trinajstić information content (AvgIpc) is 3.06. The summed E-state index contributed by atoms with van der Waals surface area (Å²) in [6.07, 6.45) is 4.04. The number of aryl methyl sites for hydroxylation is 1. The fraction of sp³-hybridized carbons (Fsp3) is 0.400. The van der Waals surface area contributed by atoms with Gasteiger partial charge in [0.25, 0.3) is 5.91 Å². The Hall–Kier alpha value is -2.45. The molecule has 2 heterocycles. The lowest BCUT2D eigenvalue weighted by atomic mass is 9.95. The Bertz CT molecular complexity index is 943. The lowest BCUT2D eigenvalue weighted by Gasteiger charge is -2.14. The molecule has 0 aliphatic heterocycles. The summed E-state index contributed by atoms with van der Waals surface area (Å²) in [5.74, 6) is -1.74. The highest BCUT2D eigenvalue weighted by molar-refractivity contribution is 7.17.